The van der Waals surface area contributed by atoms with Crippen LogP contribution in [-0.2, 0) is 12.8 Å². The molecule has 25 heavy (non-hydrogen) atoms. The van der Waals surface area contributed by atoms with Crippen LogP contribution in [0.15, 0.2) is 67.2 Å². The summed E-state index contributed by atoms with van der Waals surface area (Å²) in [5.74, 6) is 0. The van der Waals surface area contributed by atoms with E-state index in [4.69, 9.17) is 0 Å². The van der Waals surface area contributed by atoms with E-state index >= 15 is 0 Å². The average molecular weight is 325 g/mol. The fourth-order valence-corrected chi connectivity index (χ4v) is 3.76. The van der Waals surface area contributed by atoms with Gasteiger partial charge in [0.1, 0.15) is 0 Å². The van der Waals surface area contributed by atoms with Gasteiger partial charge in [-0.1, -0.05) is 72.3 Å². The maximum absolute atomic E-state index is 4.35. The van der Waals surface area contributed by atoms with Crippen molar-refractivity contribution in [2.45, 2.75) is 26.7 Å². The van der Waals surface area contributed by atoms with Crippen LogP contribution in [0, 0.1) is 13.8 Å². The molecule has 3 aromatic rings. The summed E-state index contributed by atoms with van der Waals surface area (Å²) in [6.45, 7) is 8.67. The van der Waals surface area contributed by atoms with Gasteiger partial charge in [-0.15, -0.1) is 0 Å². The molecule has 4 rings (SSSR count). The van der Waals surface area contributed by atoms with Crippen molar-refractivity contribution < 1.29 is 0 Å². The molecule has 3 aromatic carbocycles. The molecule has 124 valence electrons. The van der Waals surface area contributed by atoms with E-state index < -0.39 is 0 Å². The van der Waals surface area contributed by atoms with E-state index in [1.54, 1.807) is 0 Å². The fraction of sp³-hybridized carbons (Fsp3) is 0.167. The van der Waals surface area contributed by atoms with Gasteiger partial charge in [0.2, 0.25) is 0 Å². The van der Waals surface area contributed by atoms with E-state index in [0.29, 0.717) is 0 Å². The summed E-state index contributed by atoms with van der Waals surface area (Å²) in [4.78, 5) is 0. The maximum atomic E-state index is 4.35. The Hall–Kier alpha value is -2.80. The minimum Gasteiger partial charge on any atom is -0.355 e. The Balaban J connectivity index is 1.80. The summed E-state index contributed by atoms with van der Waals surface area (Å²) in [6.07, 6.45) is 1.88. The Kier molecular flexibility index (Phi) is 3.93. The number of para-hydroxylation sites is 1. The first kappa shape index (κ1) is 15.7. The third-order valence-corrected chi connectivity index (χ3v) is 4.95. The predicted octanol–water partition coefficient (Wildman–Crippen LogP) is 5.88. The molecule has 0 atom stereocenters. The number of aryl methyl sites for hydroxylation is 2. The molecule has 0 saturated carbocycles. The van der Waals surface area contributed by atoms with Crippen LogP contribution in [0.1, 0.15) is 38.9 Å². The van der Waals surface area contributed by atoms with Crippen LogP contribution in [0.25, 0.3) is 5.70 Å². The minimum atomic E-state index is 0.932. The van der Waals surface area contributed by atoms with Crippen LogP contribution in [0.4, 0.5) is 5.69 Å². The highest BCUT2D eigenvalue weighted by molar-refractivity contribution is 5.82. The van der Waals surface area contributed by atoms with E-state index in [-0.39, 0.29) is 0 Å². The summed E-state index contributed by atoms with van der Waals surface area (Å²) in [5.41, 5.74) is 11.4. The molecule has 0 aromatic heterocycles. The Morgan fingerprint density at radius 1 is 0.880 bits per heavy atom. The Morgan fingerprint density at radius 3 is 2.44 bits per heavy atom. The number of nitrogens with one attached hydrogen (secondary N) is 1. The molecule has 0 radical (unpaired) electrons. The first-order chi connectivity index (χ1) is 12.1. The molecule has 0 amide bonds. The number of fused-ring (bicyclic) bond motifs is 2. The van der Waals surface area contributed by atoms with Gasteiger partial charge in [0.05, 0.1) is 0 Å². The van der Waals surface area contributed by atoms with Crippen LogP contribution >= 0.6 is 0 Å². The van der Waals surface area contributed by atoms with Crippen molar-refractivity contribution in [2.75, 3.05) is 5.32 Å². The molecule has 1 nitrogen and oxygen atoms in total. The smallest absolute Gasteiger partial charge is 0.0420 e. The van der Waals surface area contributed by atoms with Gasteiger partial charge in [0.15, 0.2) is 0 Å². The van der Waals surface area contributed by atoms with Gasteiger partial charge < -0.3 is 5.32 Å². The Bertz CT molecular complexity index is 948. The van der Waals surface area contributed by atoms with E-state index in [9.17, 15) is 0 Å². The summed E-state index contributed by atoms with van der Waals surface area (Å²) in [7, 11) is 0. The molecule has 1 heteroatoms. The second-order valence-electron chi connectivity index (χ2n) is 7.06. The summed E-state index contributed by atoms with van der Waals surface area (Å²) in [6, 6.07) is 22.0. The van der Waals surface area contributed by atoms with Crippen molar-refractivity contribution in [3.05, 3.63) is 106 Å². The second kappa shape index (κ2) is 6.25. The highest BCUT2D eigenvalue weighted by atomic mass is 14.9. The predicted molar refractivity (Wildman–Crippen MR) is 107 cm³/mol. The van der Waals surface area contributed by atoms with Gasteiger partial charge in [-0.25, -0.2) is 0 Å². The lowest BCUT2D eigenvalue weighted by atomic mass is 9.90. The van der Waals surface area contributed by atoms with Crippen LogP contribution in [0.3, 0.4) is 0 Å². The summed E-state index contributed by atoms with van der Waals surface area (Å²) >= 11 is 0. The lowest BCUT2D eigenvalue weighted by molar-refractivity contribution is 1.12. The van der Waals surface area contributed by atoms with Gasteiger partial charge in [0.25, 0.3) is 0 Å². The van der Waals surface area contributed by atoms with Crippen LogP contribution < -0.4 is 5.32 Å². The van der Waals surface area contributed by atoms with E-state index in [2.05, 4.69) is 86.4 Å². The third kappa shape index (κ3) is 3.10. The highest BCUT2D eigenvalue weighted by Gasteiger charge is 2.19. The first-order valence-corrected chi connectivity index (χ1v) is 8.82. The van der Waals surface area contributed by atoms with Crippen molar-refractivity contribution in [3.63, 3.8) is 0 Å². The Morgan fingerprint density at radius 2 is 1.64 bits per heavy atom. The summed E-state index contributed by atoms with van der Waals surface area (Å²) < 4.78 is 0. The van der Waals surface area contributed by atoms with Gasteiger partial charge in [-0.05, 0) is 48.6 Å². The normalized spacial score (nSPS) is 12.8. The van der Waals surface area contributed by atoms with E-state index in [1.165, 1.54) is 44.6 Å². The molecule has 0 spiro atoms. The molecule has 0 bridgehead atoms. The molecule has 0 fully saturated rings. The zero-order valence-corrected chi connectivity index (χ0v) is 14.9. The van der Waals surface area contributed by atoms with E-state index in [0.717, 1.165) is 18.5 Å². The second-order valence-corrected chi connectivity index (χ2v) is 7.06. The summed E-state index contributed by atoms with van der Waals surface area (Å²) in [5, 5.41) is 3.54. The van der Waals surface area contributed by atoms with E-state index in [1.807, 2.05) is 0 Å². The van der Waals surface area contributed by atoms with Gasteiger partial charge in [-0.2, -0.15) is 0 Å². The van der Waals surface area contributed by atoms with Crippen molar-refractivity contribution in [1.29, 1.82) is 0 Å². The third-order valence-electron chi connectivity index (χ3n) is 4.95. The molecule has 1 heterocycles. The zero-order chi connectivity index (χ0) is 17.4. The molecule has 1 N–H and O–H groups in total. The van der Waals surface area contributed by atoms with Crippen molar-refractivity contribution >= 4 is 11.4 Å². The number of rotatable bonds is 2. The maximum Gasteiger partial charge on any atom is 0.0420 e. The fourth-order valence-electron chi connectivity index (χ4n) is 3.76. The molecule has 0 aliphatic carbocycles. The average Bonchev–Trinajstić information content (AvgIpc) is 2.72. The first-order valence-electron chi connectivity index (χ1n) is 8.82. The Labute approximate surface area is 150 Å². The largest absolute Gasteiger partial charge is 0.355 e. The van der Waals surface area contributed by atoms with Crippen LogP contribution in [0.2, 0.25) is 0 Å². The van der Waals surface area contributed by atoms with Crippen molar-refractivity contribution in [3.8, 4) is 0 Å². The standard InChI is InChI=1S/C24H23N/c1-16-8-10-19(11-9-16)14-21-12-17(2)13-22-15-20-6-4-5-7-23(20)25-18(3)24(21)22/h4-13,25H,3,14-15H2,1-2H3. The van der Waals surface area contributed by atoms with Crippen LogP contribution in [0.5, 0.6) is 0 Å². The number of anilines is 1. The molecule has 1 aliphatic rings. The molecular formula is C24H23N. The van der Waals surface area contributed by atoms with Gasteiger partial charge in [-0.3, -0.25) is 0 Å². The monoisotopic (exact) mass is 325 g/mol. The van der Waals surface area contributed by atoms with Crippen molar-refractivity contribution in [2.24, 2.45) is 0 Å². The number of hydrogen-bond acceptors (Lipinski definition) is 1. The molecule has 1 aliphatic heterocycles. The number of hydrogen-bond donors (Lipinski definition) is 1. The molecule has 0 unspecified atom stereocenters. The molecular weight excluding hydrogens is 302 g/mol. The lowest BCUT2D eigenvalue weighted by Gasteiger charge is -2.16. The quantitative estimate of drug-likeness (QED) is 0.620. The van der Waals surface area contributed by atoms with Gasteiger partial charge in [0, 0.05) is 23.4 Å². The van der Waals surface area contributed by atoms with Crippen LogP contribution in [-0.4, -0.2) is 0 Å². The topological polar surface area (TPSA) is 12.0 Å². The molecule has 0 saturated heterocycles. The minimum absolute atomic E-state index is 0.932. The zero-order valence-electron chi connectivity index (χ0n) is 14.9. The SMILES string of the molecule is C=C1Nc2ccccc2Cc2cc(C)cc(Cc3ccc(C)cc3)c21. The van der Waals surface area contributed by atoms with Gasteiger partial charge >= 0.3 is 0 Å². The number of benzene rings is 3. The highest BCUT2D eigenvalue weighted by Crippen LogP contribution is 2.34. The van der Waals surface area contributed by atoms with Crippen molar-refractivity contribution in [1.82, 2.24) is 0 Å². The lowest BCUT2D eigenvalue weighted by Crippen LogP contribution is -2.04.